The molecule has 0 radical (unpaired) electrons. The molecule has 7 nitrogen and oxygen atoms in total. The van der Waals surface area contributed by atoms with Gasteiger partial charge in [-0.3, -0.25) is 9.59 Å². The summed E-state index contributed by atoms with van der Waals surface area (Å²) in [4.78, 5) is 33.6. The number of ether oxygens (including phenoxy) is 1. The summed E-state index contributed by atoms with van der Waals surface area (Å²) in [6.07, 6.45) is 0.537. The minimum atomic E-state index is -0.623. The minimum Gasteiger partial charge on any atom is -0.378 e. The zero-order valence-electron chi connectivity index (χ0n) is 15.0. The van der Waals surface area contributed by atoms with Crippen molar-refractivity contribution in [3.05, 3.63) is 41.4 Å². The van der Waals surface area contributed by atoms with Crippen molar-refractivity contribution in [2.24, 2.45) is 5.92 Å². The first-order valence-corrected chi connectivity index (χ1v) is 10.0. The van der Waals surface area contributed by atoms with Crippen molar-refractivity contribution in [1.82, 2.24) is 10.3 Å². The van der Waals surface area contributed by atoms with Crippen LogP contribution in [0.3, 0.4) is 0 Å². The number of amides is 2. The maximum Gasteiger partial charge on any atom is 0.239 e. The Morgan fingerprint density at radius 3 is 2.78 bits per heavy atom. The summed E-state index contributed by atoms with van der Waals surface area (Å²) in [7, 11) is 0. The molecule has 0 bridgehead atoms. The molecule has 2 amide bonds. The van der Waals surface area contributed by atoms with Gasteiger partial charge in [-0.05, 0) is 18.6 Å². The average Bonchev–Trinajstić information content (AvgIpc) is 3.34. The second kappa shape index (κ2) is 8.06. The first kappa shape index (κ1) is 17.9. The molecule has 0 spiro atoms. The Labute approximate surface area is 161 Å². The van der Waals surface area contributed by atoms with Gasteiger partial charge in [-0.2, -0.15) is 0 Å². The summed E-state index contributed by atoms with van der Waals surface area (Å²) in [6, 6.07) is 9.48. The predicted octanol–water partition coefficient (Wildman–Crippen LogP) is 1.65. The number of benzene rings is 1. The van der Waals surface area contributed by atoms with Crippen LogP contribution in [-0.4, -0.2) is 49.6 Å². The number of nitrogens with zero attached hydrogens (tertiary/aromatic N) is 3. The Bertz CT molecular complexity index is 804. The fraction of sp³-hybridized carbons (Fsp3) is 0.421. The first-order valence-electron chi connectivity index (χ1n) is 9.13. The van der Waals surface area contributed by atoms with Gasteiger partial charge in [-0.15, -0.1) is 11.3 Å². The molecule has 2 fully saturated rings. The molecule has 2 saturated heterocycles. The first-order chi connectivity index (χ1) is 13.2. The number of hydrogen-bond donors (Lipinski definition) is 1. The number of rotatable bonds is 5. The maximum atomic E-state index is 12.6. The normalized spacial score (nSPS) is 20.1. The molecule has 142 valence electrons. The van der Waals surface area contributed by atoms with Crippen LogP contribution in [-0.2, 0) is 20.9 Å². The molecule has 1 N–H and O–H groups in total. The van der Waals surface area contributed by atoms with Crippen molar-refractivity contribution in [3.8, 4) is 0 Å². The van der Waals surface area contributed by atoms with E-state index < -0.39 is 5.92 Å². The van der Waals surface area contributed by atoms with Gasteiger partial charge in [0.1, 0.15) is 5.92 Å². The monoisotopic (exact) mass is 386 g/mol. The molecule has 4 rings (SSSR count). The summed E-state index contributed by atoms with van der Waals surface area (Å²) in [5, 5.41) is 5.78. The molecule has 0 saturated carbocycles. The second-order valence-corrected chi connectivity index (χ2v) is 7.44. The average molecular weight is 386 g/mol. The van der Waals surface area contributed by atoms with Crippen molar-refractivity contribution in [2.75, 3.05) is 42.6 Å². The number of carbonyl (C=O) groups is 2. The van der Waals surface area contributed by atoms with Crippen molar-refractivity contribution >= 4 is 34.0 Å². The number of nitrogens with one attached hydrogen (secondary N) is 1. The van der Waals surface area contributed by atoms with Gasteiger partial charge < -0.3 is 19.9 Å². The van der Waals surface area contributed by atoms with Crippen molar-refractivity contribution in [1.29, 1.82) is 0 Å². The molecule has 1 aromatic heterocycles. The molecule has 27 heavy (non-hydrogen) atoms. The van der Waals surface area contributed by atoms with Crippen LogP contribution < -0.4 is 15.1 Å². The third-order valence-electron chi connectivity index (χ3n) is 4.85. The SMILES string of the molecule is O=C(NCc1csc(N2CCOCC2)n1)C1CCN(c2ccccc2)C1=O. The topological polar surface area (TPSA) is 74.8 Å². The largest absolute Gasteiger partial charge is 0.378 e. The lowest BCUT2D eigenvalue weighted by molar-refractivity contribution is -0.132. The number of aromatic nitrogens is 1. The molecule has 2 aromatic rings. The van der Waals surface area contributed by atoms with Gasteiger partial charge >= 0.3 is 0 Å². The Morgan fingerprint density at radius 2 is 2.00 bits per heavy atom. The number of para-hydroxylation sites is 1. The second-order valence-electron chi connectivity index (χ2n) is 6.61. The third kappa shape index (κ3) is 3.96. The Hall–Kier alpha value is -2.45. The Kier molecular flexibility index (Phi) is 5.35. The van der Waals surface area contributed by atoms with E-state index in [2.05, 4.69) is 15.2 Å². The number of anilines is 2. The molecular weight excluding hydrogens is 364 g/mol. The lowest BCUT2D eigenvalue weighted by atomic mass is 10.1. The van der Waals surface area contributed by atoms with E-state index in [-0.39, 0.29) is 11.8 Å². The van der Waals surface area contributed by atoms with Gasteiger partial charge in [0.25, 0.3) is 0 Å². The number of carbonyl (C=O) groups excluding carboxylic acids is 2. The number of hydrogen-bond acceptors (Lipinski definition) is 6. The summed E-state index contributed by atoms with van der Waals surface area (Å²) < 4.78 is 5.36. The lowest BCUT2D eigenvalue weighted by Crippen LogP contribution is -2.37. The molecule has 2 aliphatic rings. The van der Waals surface area contributed by atoms with Crippen LogP contribution in [0.15, 0.2) is 35.7 Å². The zero-order valence-corrected chi connectivity index (χ0v) is 15.8. The minimum absolute atomic E-state index is 0.133. The fourth-order valence-corrected chi connectivity index (χ4v) is 4.24. The predicted molar refractivity (Wildman–Crippen MR) is 104 cm³/mol. The molecule has 1 atom stereocenters. The van der Waals surface area contributed by atoms with E-state index in [1.165, 1.54) is 0 Å². The van der Waals surface area contributed by atoms with Gasteiger partial charge in [0.05, 0.1) is 25.5 Å². The maximum absolute atomic E-state index is 12.6. The lowest BCUT2D eigenvalue weighted by Gasteiger charge is -2.26. The molecule has 3 heterocycles. The summed E-state index contributed by atoms with van der Waals surface area (Å²) >= 11 is 1.57. The van der Waals surface area contributed by atoms with Crippen molar-refractivity contribution in [3.63, 3.8) is 0 Å². The van der Waals surface area contributed by atoms with Crippen LogP contribution in [0.25, 0.3) is 0 Å². The van der Waals surface area contributed by atoms with E-state index in [0.29, 0.717) is 32.7 Å². The highest BCUT2D eigenvalue weighted by Gasteiger charge is 2.37. The number of morpholine rings is 1. The molecular formula is C19H22N4O3S. The molecule has 2 aliphatic heterocycles. The summed E-state index contributed by atoms with van der Waals surface area (Å²) in [5.41, 5.74) is 1.66. The van der Waals surface area contributed by atoms with Gasteiger partial charge in [0, 0.05) is 30.7 Å². The van der Waals surface area contributed by atoms with E-state index in [1.54, 1.807) is 16.2 Å². The standard InChI is InChI=1S/C19H22N4O3S/c24-17(16-6-7-23(18(16)25)15-4-2-1-3-5-15)20-12-14-13-27-19(21-14)22-8-10-26-11-9-22/h1-5,13,16H,6-12H2,(H,20,24). The third-order valence-corrected chi connectivity index (χ3v) is 5.81. The van der Waals surface area contributed by atoms with Crippen LogP contribution in [0.5, 0.6) is 0 Å². The van der Waals surface area contributed by atoms with Gasteiger partial charge in [-0.25, -0.2) is 4.98 Å². The molecule has 1 aromatic carbocycles. The van der Waals surface area contributed by atoms with Crippen LogP contribution >= 0.6 is 11.3 Å². The summed E-state index contributed by atoms with van der Waals surface area (Å²) in [5.74, 6) is -0.979. The zero-order chi connectivity index (χ0) is 18.6. The van der Waals surface area contributed by atoms with Crippen LogP contribution in [0.4, 0.5) is 10.8 Å². The van der Waals surface area contributed by atoms with Gasteiger partial charge in [0.2, 0.25) is 11.8 Å². The van der Waals surface area contributed by atoms with E-state index in [4.69, 9.17) is 4.74 Å². The molecule has 8 heteroatoms. The van der Waals surface area contributed by atoms with E-state index >= 15 is 0 Å². The van der Waals surface area contributed by atoms with E-state index in [1.807, 2.05) is 35.7 Å². The van der Waals surface area contributed by atoms with Crippen LogP contribution in [0.2, 0.25) is 0 Å². The van der Waals surface area contributed by atoms with Crippen molar-refractivity contribution in [2.45, 2.75) is 13.0 Å². The van der Waals surface area contributed by atoms with Crippen LogP contribution in [0.1, 0.15) is 12.1 Å². The van der Waals surface area contributed by atoms with Crippen molar-refractivity contribution < 1.29 is 14.3 Å². The van der Waals surface area contributed by atoms with Gasteiger partial charge in [0.15, 0.2) is 5.13 Å². The summed E-state index contributed by atoms with van der Waals surface area (Å²) in [6.45, 7) is 4.02. The van der Waals surface area contributed by atoms with E-state index in [0.717, 1.165) is 29.6 Å². The Balaban J connectivity index is 1.32. The highest BCUT2D eigenvalue weighted by Crippen LogP contribution is 2.25. The fourth-order valence-electron chi connectivity index (χ4n) is 3.37. The highest BCUT2D eigenvalue weighted by atomic mass is 32.1. The highest BCUT2D eigenvalue weighted by molar-refractivity contribution is 7.13. The number of thiazole rings is 1. The molecule has 0 aliphatic carbocycles. The Morgan fingerprint density at radius 1 is 1.22 bits per heavy atom. The van der Waals surface area contributed by atoms with Gasteiger partial charge in [-0.1, -0.05) is 18.2 Å². The van der Waals surface area contributed by atoms with E-state index in [9.17, 15) is 9.59 Å². The smallest absolute Gasteiger partial charge is 0.239 e. The quantitative estimate of drug-likeness (QED) is 0.791. The molecule has 1 unspecified atom stereocenters. The van der Waals surface area contributed by atoms with Crippen LogP contribution in [0, 0.1) is 5.92 Å².